The molecule has 2 heterocycles. The minimum absolute atomic E-state index is 0.236. The fourth-order valence-corrected chi connectivity index (χ4v) is 3.30. The number of pyridine rings is 1. The number of carbonyl (C=O) groups excluding carboxylic acids is 1. The highest BCUT2D eigenvalue weighted by Gasteiger charge is 2.22. The zero-order valence-electron chi connectivity index (χ0n) is 15.1. The van der Waals surface area contributed by atoms with Gasteiger partial charge in [0, 0.05) is 16.2 Å². The third-order valence-electron chi connectivity index (χ3n) is 4.35. The summed E-state index contributed by atoms with van der Waals surface area (Å²) >= 11 is 3.45. The van der Waals surface area contributed by atoms with Crippen molar-refractivity contribution in [1.82, 2.24) is 14.8 Å². The van der Waals surface area contributed by atoms with Gasteiger partial charge in [0.2, 0.25) is 0 Å². The van der Waals surface area contributed by atoms with Crippen LogP contribution >= 0.6 is 15.9 Å². The van der Waals surface area contributed by atoms with Crippen LogP contribution in [0, 0.1) is 0 Å². The molecule has 4 aromatic rings. The molecule has 28 heavy (non-hydrogen) atoms. The van der Waals surface area contributed by atoms with Gasteiger partial charge >= 0.3 is 5.97 Å². The second-order valence-corrected chi connectivity index (χ2v) is 7.02. The lowest BCUT2D eigenvalue weighted by Crippen LogP contribution is -2.09. The van der Waals surface area contributed by atoms with Crippen molar-refractivity contribution in [2.24, 2.45) is 0 Å². The number of nitrogen functional groups attached to an aromatic ring is 1. The summed E-state index contributed by atoms with van der Waals surface area (Å²) in [5, 5.41) is 5.40. The number of benzene rings is 2. The van der Waals surface area contributed by atoms with Gasteiger partial charge in [0.15, 0.2) is 5.65 Å². The molecule has 0 radical (unpaired) electrons. The molecule has 7 heteroatoms. The Bertz CT molecular complexity index is 1150. The Morgan fingerprint density at radius 2 is 1.86 bits per heavy atom. The van der Waals surface area contributed by atoms with Crippen molar-refractivity contribution in [1.29, 1.82) is 0 Å². The number of nitrogens with two attached hydrogens (primary N) is 1. The summed E-state index contributed by atoms with van der Waals surface area (Å²) in [5.41, 5.74) is 9.91. The lowest BCUT2D eigenvalue weighted by atomic mass is 10.1. The van der Waals surface area contributed by atoms with Gasteiger partial charge in [0.25, 0.3) is 0 Å². The van der Waals surface area contributed by atoms with E-state index in [2.05, 4.69) is 20.9 Å². The lowest BCUT2D eigenvalue weighted by Gasteiger charge is -2.07. The van der Waals surface area contributed by atoms with Crippen LogP contribution in [0.1, 0.15) is 17.3 Å². The fraction of sp³-hybridized carbons (Fsp3) is 0.0952. The standard InChI is InChI=1S/C21H17BrN4O2/c1-2-28-21(27)16-12-24-20-17(18(16)23)19(13-8-10-14(22)11-9-13)25-26(20)15-6-4-3-5-7-15/h3-12H,2H2,1H3,(H2,23,24). The molecule has 0 unspecified atom stereocenters. The van der Waals surface area contributed by atoms with E-state index in [1.54, 1.807) is 11.6 Å². The first-order chi connectivity index (χ1) is 13.6. The number of hydrogen-bond acceptors (Lipinski definition) is 5. The molecule has 0 fully saturated rings. The zero-order chi connectivity index (χ0) is 19.7. The molecule has 140 valence electrons. The van der Waals surface area contributed by atoms with Crippen LogP contribution < -0.4 is 5.73 Å². The molecular weight excluding hydrogens is 420 g/mol. The van der Waals surface area contributed by atoms with Crippen LogP contribution in [0.5, 0.6) is 0 Å². The molecule has 2 aromatic carbocycles. The quantitative estimate of drug-likeness (QED) is 0.472. The number of para-hydroxylation sites is 1. The SMILES string of the molecule is CCOC(=O)c1cnc2c(c(-c3ccc(Br)cc3)nn2-c2ccccc2)c1N. The van der Waals surface area contributed by atoms with Gasteiger partial charge in [-0.1, -0.05) is 46.3 Å². The highest BCUT2D eigenvalue weighted by atomic mass is 79.9. The van der Waals surface area contributed by atoms with E-state index in [9.17, 15) is 4.79 Å². The maximum absolute atomic E-state index is 12.3. The van der Waals surface area contributed by atoms with Crippen molar-refractivity contribution >= 4 is 38.6 Å². The number of carbonyl (C=O) groups is 1. The van der Waals surface area contributed by atoms with E-state index < -0.39 is 5.97 Å². The molecule has 0 bridgehead atoms. The largest absolute Gasteiger partial charge is 0.462 e. The number of esters is 1. The number of nitrogens with zero attached hydrogens (tertiary/aromatic N) is 3. The topological polar surface area (TPSA) is 83.0 Å². The van der Waals surface area contributed by atoms with E-state index >= 15 is 0 Å². The monoisotopic (exact) mass is 436 g/mol. The van der Waals surface area contributed by atoms with Gasteiger partial charge in [-0.15, -0.1) is 0 Å². The zero-order valence-corrected chi connectivity index (χ0v) is 16.7. The molecule has 2 aromatic heterocycles. The minimum Gasteiger partial charge on any atom is -0.462 e. The van der Waals surface area contributed by atoms with Crippen molar-refractivity contribution in [3.05, 3.63) is 70.8 Å². The molecule has 0 atom stereocenters. The summed E-state index contributed by atoms with van der Waals surface area (Å²) in [6.07, 6.45) is 1.45. The third-order valence-corrected chi connectivity index (χ3v) is 4.88. The Balaban J connectivity index is 2.02. The Labute approximate surface area is 170 Å². The number of ether oxygens (including phenoxy) is 1. The second-order valence-electron chi connectivity index (χ2n) is 6.11. The Hall–Kier alpha value is -3.19. The van der Waals surface area contributed by atoms with Crippen LogP contribution in [0.15, 0.2) is 65.3 Å². The molecule has 0 spiro atoms. The van der Waals surface area contributed by atoms with Gasteiger partial charge < -0.3 is 10.5 Å². The number of hydrogen-bond donors (Lipinski definition) is 1. The molecular formula is C21H17BrN4O2. The van der Waals surface area contributed by atoms with Crippen LogP contribution in [0.2, 0.25) is 0 Å². The first-order valence-electron chi connectivity index (χ1n) is 8.76. The molecule has 0 amide bonds. The van der Waals surface area contributed by atoms with Gasteiger partial charge in [-0.05, 0) is 31.2 Å². The first-order valence-corrected chi connectivity index (χ1v) is 9.55. The number of rotatable bonds is 4. The smallest absolute Gasteiger partial charge is 0.341 e. The average molecular weight is 437 g/mol. The number of aromatic nitrogens is 3. The lowest BCUT2D eigenvalue weighted by molar-refractivity contribution is 0.0527. The van der Waals surface area contributed by atoms with Gasteiger partial charge in [-0.2, -0.15) is 5.10 Å². The highest BCUT2D eigenvalue weighted by Crippen LogP contribution is 2.35. The van der Waals surface area contributed by atoms with Crippen molar-refractivity contribution in [3.63, 3.8) is 0 Å². The Morgan fingerprint density at radius 1 is 1.14 bits per heavy atom. The van der Waals surface area contributed by atoms with Crippen LogP contribution in [-0.2, 0) is 4.74 Å². The molecule has 2 N–H and O–H groups in total. The molecule has 0 aliphatic carbocycles. The van der Waals surface area contributed by atoms with E-state index in [0.29, 0.717) is 22.4 Å². The van der Waals surface area contributed by atoms with Crippen molar-refractivity contribution < 1.29 is 9.53 Å². The summed E-state index contributed by atoms with van der Waals surface area (Å²) in [7, 11) is 0. The van der Waals surface area contributed by atoms with Gasteiger partial charge in [0.05, 0.1) is 23.4 Å². The van der Waals surface area contributed by atoms with Crippen LogP contribution in [0.3, 0.4) is 0 Å². The van der Waals surface area contributed by atoms with Crippen molar-refractivity contribution in [2.45, 2.75) is 6.92 Å². The fourth-order valence-electron chi connectivity index (χ4n) is 3.04. The van der Waals surface area contributed by atoms with Gasteiger partial charge in [-0.25, -0.2) is 14.5 Å². The summed E-state index contributed by atoms with van der Waals surface area (Å²) in [6.45, 7) is 2.01. The predicted molar refractivity (Wildman–Crippen MR) is 112 cm³/mol. The minimum atomic E-state index is -0.497. The maximum Gasteiger partial charge on any atom is 0.341 e. The van der Waals surface area contributed by atoms with E-state index in [1.807, 2.05) is 54.6 Å². The molecule has 6 nitrogen and oxygen atoms in total. The summed E-state index contributed by atoms with van der Waals surface area (Å²) in [4.78, 5) is 16.8. The number of fused-ring (bicyclic) bond motifs is 1. The molecule has 0 saturated heterocycles. The number of anilines is 1. The predicted octanol–water partition coefficient (Wildman–Crippen LogP) is 4.61. The van der Waals surface area contributed by atoms with E-state index in [1.165, 1.54) is 6.20 Å². The normalized spacial score (nSPS) is 10.9. The summed E-state index contributed by atoms with van der Waals surface area (Å²) in [6, 6.07) is 17.4. The molecule has 0 saturated carbocycles. The molecule has 0 aliphatic rings. The summed E-state index contributed by atoms with van der Waals surface area (Å²) in [5.74, 6) is -0.497. The van der Waals surface area contributed by atoms with Gasteiger partial charge in [0.1, 0.15) is 11.3 Å². The van der Waals surface area contributed by atoms with Crippen LogP contribution in [-0.4, -0.2) is 27.3 Å². The van der Waals surface area contributed by atoms with Crippen molar-refractivity contribution in [2.75, 3.05) is 12.3 Å². The van der Waals surface area contributed by atoms with Crippen molar-refractivity contribution in [3.8, 4) is 16.9 Å². The first kappa shape index (κ1) is 18.2. The highest BCUT2D eigenvalue weighted by molar-refractivity contribution is 9.10. The third kappa shape index (κ3) is 3.14. The summed E-state index contributed by atoms with van der Waals surface area (Å²) < 4.78 is 7.81. The molecule has 0 aliphatic heterocycles. The van der Waals surface area contributed by atoms with E-state index in [4.69, 9.17) is 15.6 Å². The maximum atomic E-state index is 12.3. The molecule has 4 rings (SSSR count). The Kier molecular flexibility index (Phi) is 4.83. The van der Waals surface area contributed by atoms with E-state index in [0.717, 1.165) is 15.7 Å². The average Bonchev–Trinajstić information content (AvgIpc) is 3.10. The van der Waals surface area contributed by atoms with Gasteiger partial charge in [-0.3, -0.25) is 0 Å². The van der Waals surface area contributed by atoms with Crippen LogP contribution in [0.25, 0.3) is 28.0 Å². The second kappa shape index (κ2) is 7.44. The van der Waals surface area contributed by atoms with Crippen LogP contribution in [0.4, 0.5) is 5.69 Å². The van der Waals surface area contributed by atoms with E-state index in [-0.39, 0.29) is 12.2 Å². The Morgan fingerprint density at radius 3 is 2.54 bits per heavy atom. The number of halogens is 1.